The lowest BCUT2D eigenvalue weighted by molar-refractivity contribution is -0.112. The first-order chi connectivity index (χ1) is 14.3. The van der Waals surface area contributed by atoms with E-state index in [1.54, 1.807) is 12.1 Å². The van der Waals surface area contributed by atoms with Crippen LogP contribution in [0.25, 0.3) is 0 Å². The third-order valence-electron chi connectivity index (χ3n) is 4.62. The summed E-state index contributed by atoms with van der Waals surface area (Å²) in [6.07, 6.45) is 1.51. The van der Waals surface area contributed by atoms with E-state index in [1.165, 1.54) is 42.6 Å². The van der Waals surface area contributed by atoms with Crippen molar-refractivity contribution >= 4 is 27.3 Å². The minimum Gasteiger partial charge on any atom is -0.373 e. The molecule has 0 saturated carbocycles. The van der Waals surface area contributed by atoms with E-state index in [-0.39, 0.29) is 16.3 Å². The highest BCUT2D eigenvalue weighted by molar-refractivity contribution is 7.89. The number of halogens is 1. The Morgan fingerprint density at radius 3 is 2.20 bits per heavy atom. The number of carbonyl (C=O) groups excluding carboxylic acids is 1. The molecule has 2 aromatic rings. The number of nitrogens with two attached hydrogens (primary N) is 1. The van der Waals surface area contributed by atoms with Crippen LogP contribution in [0.1, 0.15) is 0 Å². The maximum Gasteiger partial charge on any atom is 0.267 e. The number of carbonyl (C=O) groups is 1. The number of anilines is 2. The van der Waals surface area contributed by atoms with Crippen molar-refractivity contribution in [2.24, 2.45) is 5.14 Å². The highest BCUT2D eigenvalue weighted by Gasteiger charge is 2.18. The van der Waals surface area contributed by atoms with Crippen LogP contribution in [0.3, 0.4) is 0 Å². The molecule has 3 N–H and O–H groups in total. The smallest absolute Gasteiger partial charge is 0.267 e. The van der Waals surface area contributed by atoms with Crippen LogP contribution in [0, 0.1) is 17.1 Å². The number of nitrogens with zero attached hydrogens (tertiary/aromatic N) is 3. The average Bonchev–Trinajstić information content (AvgIpc) is 2.73. The van der Waals surface area contributed by atoms with Crippen LogP contribution in [0.5, 0.6) is 0 Å². The molecule has 1 aliphatic heterocycles. The predicted octanol–water partition coefficient (Wildman–Crippen LogP) is 1.64. The van der Waals surface area contributed by atoms with E-state index in [9.17, 15) is 22.9 Å². The fourth-order valence-corrected chi connectivity index (χ4v) is 3.52. The summed E-state index contributed by atoms with van der Waals surface area (Å²) in [5, 5.41) is 17.0. The van der Waals surface area contributed by atoms with Crippen LogP contribution in [0.4, 0.5) is 15.8 Å². The van der Waals surface area contributed by atoms with Gasteiger partial charge in [0.15, 0.2) is 0 Å². The highest BCUT2D eigenvalue weighted by Crippen LogP contribution is 2.18. The molecule has 1 aliphatic rings. The molecular formula is C20H20FN5O3S. The Labute approximate surface area is 174 Å². The number of sulfonamides is 1. The Morgan fingerprint density at radius 2 is 1.67 bits per heavy atom. The summed E-state index contributed by atoms with van der Waals surface area (Å²) in [5.74, 6) is -0.883. The SMILES string of the molecule is N#C/C(=C/N1CCN(c2ccc(F)cc2)CC1)C(=O)Nc1ccc(S(N)(=O)=O)cc1. The van der Waals surface area contributed by atoms with E-state index in [0.717, 1.165) is 5.69 Å². The molecule has 0 aliphatic carbocycles. The summed E-state index contributed by atoms with van der Waals surface area (Å²) in [7, 11) is -3.82. The molecule has 2 aromatic carbocycles. The predicted molar refractivity (Wildman–Crippen MR) is 110 cm³/mol. The zero-order valence-corrected chi connectivity index (χ0v) is 16.8. The highest BCUT2D eigenvalue weighted by atomic mass is 32.2. The lowest BCUT2D eigenvalue weighted by atomic mass is 10.2. The number of amides is 1. The Kier molecular flexibility index (Phi) is 6.34. The van der Waals surface area contributed by atoms with Crippen LogP contribution < -0.4 is 15.4 Å². The van der Waals surface area contributed by atoms with Gasteiger partial charge in [-0.05, 0) is 48.5 Å². The van der Waals surface area contributed by atoms with Gasteiger partial charge >= 0.3 is 0 Å². The van der Waals surface area contributed by atoms with Crippen molar-refractivity contribution in [3.63, 3.8) is 0 Å². The second kappa shape index (κ2) is 8.94. The van der Waals surface area contributed by atoms with Crippen molar-refractivity contribution in [2.45, 2.75) is 4.90 Å². The average molecular weight is 429 g/mol. The fourth-order valence-electron chi connectivity index (χ4n) is 3.01. The van der Waals surface area contributed by atoms with Crippen LogP contribution in [-0.2, 0) is 14.8 Å². The van der Waals surface area contributed by atoms with Gasteiger partial charge in [-0.15, -0.1) is 0 Å². The number of hydrogen-bond donors (Lipinski definition) is 2. The maximum absolute atomic E-state index is 13.1. The Morgan fingerprint density at radius 1 is 1.07 bits per heavy atom. The summed E-state index contributed by atoms with van der Waals surface area (Å²) in [6.45, 7) is 2.52. The second-order valence-electron chi connectivity index (χ2n) is 6.68. The van der Waals surface area contributed by atoms with Gasteiger partial charge in [0, 0.05) is 43.8 Å². The molecule has 1 amide bonds. The first-order valence-electron chi connectivity index (χ1n) is 9.07. The van der Waals surface area contributed by atoms with Crippen molar-refractivity contribution < 1.29 is 17.6 Å². The maximum atomic E-state index is 13.1. The summed E-state index contributed by atoms with van der Waals surface area (Å²) in [4.78, 5) is 16.3. The van der Waals surface area contributed by atoms with E-state index in [2.05, 4.69) is 10.2 Å². The first-order valence-corrected chi connectivity index (χ1v) is 10.6. The first kappa shape index (κ1) is 21.3. The summed E-state index contributed by atoms with van der Waals surface area (Å²) in [5.41, 5.74) is 1.19. The molecule has 0 radical (unpaired) electrons. The van der Waals surface area contributed by atoms with Crippen molar-refractivity contribution in [3.05, 3.63) is 66.1 Å². The van der Waals surface area contributed by atoms with Crippen LogP contribution >= 0.6 is 0 Å². The summed E-state index contributed by atoms with van der Waals surface area (Å²) >= 11 is 0. The topological polar surface area (TPSA) is 120 Å². The van der Waals surface area contributed by atoms with E-state index in [1.807, 2.05) is 11.0 Å². The molecule has 1 fully saturated rings. The molecule has 10 heteroatoms. The van der Waals surface area contributed by atoms with Crippen molar-refractivity contribution in [3.8, 4) is 6.07 Å². The van der Waals surface area contributed by atoms with Gasteiger partial charge in [0.2, 0.25) is 10.0 Å². The number of nitriles is 1. The monoisotopic (exact) mass is 429 g/mol. The molecule has 30 heavy (non-hydrogen) atoms. The largest absolute Gasteiger partial charge is 0.373 e. The van der Waals surface area contributed by atoms with E-state index < -0.39 is 15.9 Å². The van der Waals surface area contributed by atoms with Gasteiger partial charge in [-0.1, -0.05) is 0 Å². The van der Waals surface area contributed by atoms with E-state index in [0.29, 0.717) is 31.9 Å². The molecule has 0 aromatic heterocycles. The Hall–Kier alpha value is -3.42. The zero-order valence-electron chi connectivity index (χ0n) is 16.0. The van der Waals surface area contributed by atoms with Gasteiger partial charge in [-0.3, -0.25) is 4.79 Å². The van der Waals surface area contributed by atoms with Gasteiger partial charge < -0.3 is 15.1 Å². The number of primary sulfonamides is 1. The number of nitrogens with one attached hydrogen (secondary N) is 1. The van der Waals surface area contributed by atoms with Crippen LogP contribution in [-0.4, -0.2) is 45.4 Å². The van der Waals surface area contributed by atoms with Gasteiger partial charge in [0.05, 0.1) is 4.90 Å². The summed E-state index contributed by atoms with van der Waals surface area (Å²) < 4.78 is 35.6. The van der Waals surface area contributed by atoms with Gasteiger partial charge in [0.1, 0.15) is 17.5 Å². The van der Waals surface area contributed by atoms with E-state index >= 15 is 0 Å². The number of piperazine rings is 1. The fraction of sp³-hybridized carbons (Fsp3) is 0.200. The van der Waals surface area contributed by atoms with Gasteiger partial charge in [-0.25, -0.2) is 17.9 Å². The normalized spacial score (nSPS) is 14.9. The minimum absolute atomic E-state index is 0.0687. The lowest BCUT2D eigenvalue weighted by Crippen LogP contribution is -2.44. The van der Waals surface area contributed by atoms with Crippen molar-refractivity contribution in [1.82, 2.24) is 4.90 Å². The van der Waals surface area contributed by atoms with Crippen molar-refractivity contribution in [2.75, 3.05) is 36.4 Å². The van der Waals surface area contributed by atoms with Crippen LogP contribution in [0.2, 0.25) is 0 Å². The quantitative estimate of drug-likeness (QED) is 0.551. The number of hydrogen-bond acceptors (Lipinski definition) is 6. The Bertz CT molecular complexity index is 1080. The molecule has 156 valence electrons. The molecule has 3 rings (SSSR count). The molecule has 0 unspecified atom stereocenters. The molecule has 1 saturated heterocycles. The molecular weight excluding hydrogens is 409 g/mol. The third-order valence-corrected chi connectivity index (χ3v) is 5.55. The third kappa shape index (κ3) is 5.34. The molecule has 8 nitrogen and oxygen atoms in total. The second-order valence-corrected chi connectivity index (χ2v) is 8.24. The minimum atomic E-state index is -3.82. The van der Waals surface area contributed by atoms with Crippen molar-refractivity contribution in [1.29, 1.82) is 5.26 Å². The molecule has 0 atom stereocenters. The molecule has 0 spiro atoms. The Balaban J connectivity index is 1.61. The van der Waals surface area contributed by atoms with Gasteiger partial charge in [0.25, 0.3) is 5.91 Å². The van der Waals surface area contributed by atoms with Gasteiger partial charge in [-0.2, -0.15) is 5.26 Å². The molecule has 0 bridgehead atoms. The number of rotatable bonds is 5. The molecule has 1 heterocycles. The standard InChI is InChI=1S/C20H20FN5O3S/c21-16-1-5-18(6-2-16)26-11-9-25(10-12-26)14-15(13-22)20(27)24-17-3-7-19(8-4-17)30(23,28)29/h1-8,14H,9-12H2,(H,24,27)(H2,23,28,29)/b15-14-. The zero-order chi connectivity index (χ0) is 21.7. The lowest BCUT2D eigenvalue weighted by Gasteiger charge is -2.35. The van der Waals surface area contributed by atoms with E-state index in [4.69, 9.17) is 5.14 Å². The number of benzene rings is 2. The van der Waals surface area contributed by atoms with Crippen LogP contribution in [0.15, 0.2) is 65.2 Å². The summed E-state index contributed by atoms with van der Waals surface area (Å²) in [6, 6.07) is 13.5.